The number of benzene rings is 4. The van der Waals surface area contributed by atoms with Crippen LogP contribution in [-0.2, 0) is 13.7 Å². The zero-order valence-electron chi connectivity index (χ0n) is 17.8. The fourth-order valence-corrected chi connectivity index (χ4v) is 8.69. The Morgan fingerprint density at radius 1 is 0.528 bits per heavy atom. The largest absolute Gasteiger partial charge is 0.508 e. The molecule has 4 aromatic rings. The van der Waals surface area contributed by atoms with Crippen LogP contribution in [0, 0.1) is 29.1 Å². The molecule has 0 unspecified atom stereocenters. The van der Waals surface area contributed by atoms with E-state index < -0.39 is 54.4 Å². The van der Waals surface area contributed by atoms with Crippen molar-refractivity contribution in [1.82, 2.24) is 0 Å². The van der Waals surface area contributed by atoms with E-state index in [2.05, 4.69) is 0 Å². The number of phenolic OH excluding ortho intramolecular Hbond substituents is 2. The molecule has 36 heavy (non-hydrogen) atoms. The zero-order valence-corrected chi connectivity index (χ0v) is 19.5. The topological polar surface area (TPSA) is 83.8 Å². The molecule has 0 aromatic heterocycles. The van der Waals surface area contributed by atoms with Crippen molar-refractivity contribution in [3.8, 4) is 11.5 Å². The highest BCUT2D eigenvalue weighted by atomic mass is 32.3. The molecule has 0 aliphatic rings. The molecule has 4 aromatic carbocycles. The van der Waals surface area contributed by atoms with Crippen LogP contribution in [-0.4, -0.2) is 18.6 Å². The summed E-state index contributed by atoms with van der Waals surface area (Å²) in [6.07, 6.45) is 0. The van der Waals surface area contributed by atoms with Gasteiger partial charge in [-0.05, 0) is 71.0 Å². The molecule has 0 atom stereocenters. The number of halogens is 5. The number of hydrogen-bond donors (Lipinski definition) is 2. The summed E-state index contributed by atoms with van der Waals surface area (Å²) < 4.78 is 103. The number of phenols is 2. The van der Waals surface area contributed by atoms with Gasteiger partial charge in [0.15, 0.2) is 28.2 Å². The van der Waals surface area contributed by atoms with E-state index in [-0.39, 0.29) is 26.2 Å². The summed E-state index contributed by atoms with van der Waals surface area (Å²) in [5.41, 5.74) is 0. The number of aromatic hydroxyl groups is 2. The first-order valence-electron chi connectivity index (χ1n) is 9.93. The SMILES string of the molecule is O=S(=O)(OS(c1ccccc1)(c1ccc(O)cc1)c1ccc(O)cc1)c1c(F)c(F)c(F)c(F)c1F. The van der Waals surface area contributed by atoms with E-state index in [1.54, 1.807) is 6.07 Å². The molecule has 0 radical (unpaired) electrons. The summed E-state index contributed by atoms with van der Waals surface area (Å²) in [7, 11) is -9.21. The van der Waals surface area contributed by atoms with Crippen molar-refractivity contribution < 1.29 is 44.2 Å². The molecule has 0 aliphatic carbocycles. The predicted octanol–water partition coefficient (Wildman–Crippen LogP) is 6.40. The van der Waals surface area contributed by atoms with Gasteiger partial charge in [-0.15, -0.1) is 0 Å². The van der Waals surface area contributed by atoms with E-state index in [0.717, 1.165) is 0 Å². The molecule has 5 nitrogen and oxygen atoms in total. The van der Waals surface area contributed by atoms with Crippen molar-refractivity contribution in [2.75, 3.05) is 0 Å². The highest BCUT2D eigenvalue weighted by Crippen LogP contribution is 2.70. The molecule has 188 valence electrons. The van der Waals surface area contributed by atoms with Gasteiger partial charge in [-0.25, -0.2) is 25.6 Å². The van der Waals surface area contributed by atoms with Crippen LogP contribution in [0.2, 0.25) is 0 Å². The van der Waals surface area contributed by atoms with Gasteiger partial charge in [-0.2, -0.15) is 8.42 Å². The minimum Gasteiger partial charge on any atom is -0.508 e. The third-order valence-corrected chi connectivity index (χ3v) is 10.2. The van der Waals surface area contributed by atoms with E-state index >= 15 is 0 Å². The van der Waals surface area contributed by atoms with Crippen LogP contribution in [0.5, 0.6) is 11.5 Å². The number of hydrogen-bond acceptors (Lipinski definition) is 5. The van der Waals surface area contributed by atoms with Gasteiger partial charge in [-0.3, -0.25) is 0 Å². The lowest BCUT2D eigenvalue weighted by Crippen LogP contribution is -2.19. The second-order valence-electron chi connectivity index (χ2n) is 7.28. The third-order valence-electron chi connectivity index (χ3n) is 5.02. The summed E-state index contributed by atoms with van der Waals surface area (Å²) >= 11 is 0. The van der Waals surface area contributed by atoms with Crippen LogP contribution in [0.25, 0.3) is 0 Å². The smallest absolute Gasteiger partial charge is 0.313 e. The lowest BCUT2D eigenvalue weighted by Gasteiger charge is -2.39. The van der Waals surface area contributed by atoms with Crippen molar-refractivity contribution in [1.29, 1.82) is 0 Å². The highest BCUT2D eigenvalue weighted by molar-refractivity contribution is 8.33. The van der Waals surface area contributed by atoms with Gasteiger partial charge in [-0.1, -0.05) is 18.2 Å². The third kappa shape index (κ3) is 4.27. The van der Waals surface area contributed by atoms with Gasteiger partial charge in [0.25, 0.3) is 0 Å². The van der Waals surface area contributed by atoms with E-state index in [1.165, 1.54) is 72.8 Å². The Kier molecular flexibility index (Phi) is 6.69. The molecular weight excluding hydrogens is 527 g/mol. The number of rotatable bonds is 6. The van der Waals surface area contributed by atoms with Crippen LogP contribution in [0.3, 0.4) is 0 Å². The first-order valence-corrected chi connectivity index (χ1v) is 12.9. The summed E-state index contributed by atoms with van der Waals surface area (Å²) in [6, 6.07) is 17.5. The quantitative estimate of drug-likeness (QED) is 0.168. The molecule has 12 heteroatoms. The second kappa shape index (κ2) is 9.45. The van der Waals surface area contributed by atoms with Crippen molar-refractivity contribution in [2.24, 2.45) is 0 Å². The van der Waals surface area contributed by atoms with Gasteiger partial charge in [0, 0.05) is 14.7 Å². The molecule has 4 rings (SSSR count). The van der Waals surface area contributed by atoms with E-state index in [1.807, 2.05) is 0 Å². The summed E-state index contributed by atoms with van der Waals surface area (Å²) in [6.45, 7) is 0. The molecule has 0 saturated carbocycles. The van der Waals surface area contributed by atoms with Crippen LogP contribution in [0.1, 0.15) is 0 Å². The average Bonchev–Trinajstić information content (AvgIpc) is 2.86. The van der Waals surface area contributed by atoms with Gasteiger partial charge in [0.1, 0.15) is 11.5 Å². The molecule has 0 spiro atoms. The Balaban J connectivity index is 2.08. The molecule has 0 amide bonds. The normalized spacial score (nSPS) is 12.5. The molecule has 0 saturated heterocycles. The molecule has 0 aliphatic heterocycles. The maximum absolute atomic E-state index is 14.5. The van der Waals surface area contributed by atoms with Crippen molar-refractivity contribution in [3.63, 3.8) is 0 Å². The molecule has 0 heterocycles. The lowest BCUT2D eigenvalue weighted by molar-refractivity contribution is 0.354. The Bertz CT molecular complexity index is 1450. The first kappa shape index (κ1) is 25.5. The van der Waals surface area contributed by atoms with E-state index in [4.69, 9.17) is 3.63 Å². The Labute approximate surface area is 203 Å². The Morgan fingerprint density at radius 3 is 1.31 bits per heavy atom. The van der Waals surface area contributed by atoms with Gasteiger partial charge in [0.2, 0.25) is 5.82 Å². The van der Waals surface area contributed by atoms with Gasteiger partial charge < -0.3 is 10.2 Å². The molecule has 0 bridgehead atoms. The lowest BCUT2D eigenvalue weighted by atomic mass is 10.3. The molecule has 2 N–H and O–H groups in total. The average molecular weight is 543 g/mol. The first-order chi connectivity index (χ1) is 17.0. The van der Waals surface area contributed by atoms with Crippen LogP contribution in [0.4, 0.5) is 22.0 Å². The monoisotopic (exact) mass is 542 g/mol. The van der Waals surface area contributed by atoms with Crippen molar-refractivity contribution >= 4 is 20.4 Å². The Hall–Kier alpha value is -3.61. The van der Waals surface area contributed by atoms with E-state index in [9.17, 15) is 40.6 Å². The van der Waals surface area contributed by atoms with Gasteiger partial charge in [0.05, 0.1) is 0 Å². The maximum atomic E-state index is 14.5. The fourth-order valence-electron chi connectivity index (χ4n) is 3.39. The van der Waals surface area contributed by atoms with Crippen LogP contribution in [0.15, 0.2) is 98.4 Å². The van der Waals surface area contributed by atoms with Crippen LogP contribution >= 0.6 is 10.3 Å². The maximum Gasteiger partial charge on any atom is 0.313 e. The van der Waals surface area contributed by atoms with Crippen LogP contribution < -0.4 is 0 Å². The minimum absolute atomic E-state index is 0.0876. The zero-order chi connectivity index (χ0) is 26.3. The summed E-state index contributed by atoms with van der Waals surface area (Å²) in [5, 5.41) is 19.5. The predicted molar refractivity (Wildman–Crippen MR) is 120 cm³/mol. The van der Waals surface area contributed by atoms with Crippen molar-refractivity contribution in [2.45, 2.75) is 19.6 Å². The standard InChI is InChI=1S/C24H15F5O5S2/c25-19-20(26)22(28)24(23(29)21(19)27)36(32,33)34-35(16-4-2-1-3-5-16,17-10-6-14(30)7-11-17)18-12-8-15(31)9-13-18/h1-13,30-31H. The van der Waals surface area contributed by atoms with Gasteiger partial charge >= 0.3 is 10.1 Å². The minimum atomic E-state index is -5.69. The molecule has 0 fully saturated rings. The second-order valence-corrected chi connectivity index (χ2v) is 11.7. The van der Waals surface area contributed by atoms with E-state index in [0.29, 0.717) is 0 Å². The summed E-state index contributed by atoms with van der Waals surface area (Å²) in [5.74, 6) is -13.0. The molecular formula is C24H15F5O5S2. The Morgan fingerprint density at radius 2 is 0.889 bits per heavy atom. The highest BCUT2D eigenvalue weighted by Gasteiger charge is 2.42. The van der Waals surface area contributed by atoms with Crippen molar-refractivity contribution in [3.05, 3.63) is 108 Å². The fraction of sp³-hybridized carbons (Fsp3) is 0. The summed E-state index contributed by atoms with van der Waals surface area (Å²) in [4.78, 5) is -1.81.